The molecule has 2 atom stereocenters. The largest absolute Gasteiger partial charge is 0.508 e. The summed E-state index contributed by atoms with van der Waals surface area (Å²) >= 11 is 0. The van der Waals surface area contributed by atoms with Crippen molar-refractivity contribution in [3.63, 3.8) is 0 Å². The van der Waals surface area contributed by atoms with E-state index in [0.29, 0.717) is 12.3 Å². The highest BCUT2D eigenvalue weighted by atomic mass is 16.5. The van der Waals surface area contributed by atoms with Crippen molar-refractivity contribution in [3.8, 4) is 5.75 Å². The fourth-order valence-electron chi connectivity index (χ4n) is 2.48. The molecule has 6 nitrogen and oxygen atoms in total. The van der Waals surface area contributed by atoms with Gasteiger partial charge < -0.3 is 9.84 Å². The molecule has 1 aromatic carbocycles. The number of ether oxygens (including phenoxy) is 1. The van der Waals surface area contributed by atoms with Crippen LogP contribution < -0.4 is 5.32 Å². The number of hydrogen-bond acceptors (Lipinski definition) is 6. The predicted molar refractivity (Wildman–Crippen MR) is 94.6 cm³/mol. The Morgan fingerprint density at radius 3 is 2.92 bits per heavy atom. The highest BCUT2D eigenvalue weighted by molar-refractivity contribution is 6.18. The minimum Gasteiger partial charge on any atom is -0.508 e. The first-order valence-electron chi connectivity index (χ1n) is 8.23. The van der Waals surface area contributed by atoms with Gasteiger partial charge in [0.05, 0.1) is 6.61 Å². The van der Waals surface area contributed by atoms with Crippen molar-refractivity contribution in [2.24, 2.45) is 15.4 Å². The van der Waals surface area contributed by atoms with Gasteiger partial charge in [-0.15, -0.1) is 0 Å². The first-order chi connectivity index (χ1) is 11.5. The topological polar surface area (TPSA) is 83.3 Å². The first kappa shape index (κ1) is 18.1. The van der Waals surface area contributed by atoms with Crippen LogP contribution in [0.25, 0.3) is 0 Å². The third-order valence-corrected chi connectivity index (χ3v) is 4.12. The lowest BCUT2D eigenvalue weighted by atomic mass is 9.86. The zero-order chi connectivity index (χ0) is 17.6. The van der Waals surface area contributed by atoms with E-state index in [2.05, 4.69) is 15.3 Å². The van der Waals surface area contributed by atoms with Crippen LogP contribution in [0, 0.1) is 5.41 Å². The zero-order valence-corrected chi connectivity index (χ0v) is 14.5. The van der Waals surface area contributed by atoms with Gasteiger partial charge in [-0.3, -0.25) is 20.1 Å². The molecule has 0 radical (unpaired) electrons. The van der Waals surface area contributed by atoms with Crippen molar-refractivity contribution in [2.75, 3.05) is 13.2 Å². The Kier molecular flexibility index (Phi) is 6.09. The first-order valence-corrected chi connectivity index (χ1v) is 8.23. The quantitative estimate of drug-likeness (QED) is 0.593. The number of nitrogens with one attached hydrogen (secondary N) is 1. The molecule has 2 rings (SSSR count). The molecular weight excluding hydrogens is 306 g/mol. The van der Waals surface area contributed by atoms with Crippen molar-refractivity contribution in [2.45, 2.75) is 39.9 Å². The summed E-state index contributed by atoms with van der Waals surface area (Å²) in [6.07, 6.45) is 3.03. The van der Waals surface area contributed by atoms with E-state index in [1.165, 1.54) is 0 Å². The number of esters is 1. The number of nitrogens with zero attached hydrogens (tertiary/aromatic N) is 2. The molecule has 1 aliphatic rings. The molecule has 2 N–H and O–H groups in total. The second kappa shape index (κ2) is 8.06. The van der Waals surface area contributed by atoms with Crippen LogP contribution in [-0.4, -0.2) is 42.4 Å². The number of hydrogen-bond donors (Lipinski definition) is 2. The average Bonchev–Trinajstić information content (AvgIpc) is 2.55. The van der Waals surface area contributed by atoms with Crippen LogP contribution in [0.1, 0.15) is 32.8 Å². The molecule has 6 heteroatoms. The van der Waals surface area contributed by atoms with Gasteiger partial charge in [-0.05, 0) is 57.9 Å². The highest BCUT2D eigenvalue weighted by Gasteiger charge is 2.38. The Morgan fingerprint density at radius 2 is 2.25 bits per heavy atom. The lowest BCUT2D eigenvalue weighted by Gasteiger charge is -2.28. The second-order valence-corrected chi connectivity index (χ2v) is 6.02. The monoisotopic (exact) mass is 331 g/mol. The van der Waals surface area contributed by atoms with E-state index in [0.717, 1.165) is 24.9 Å². The van der Waals surface area contributed by atoms with Crippen LogP contribution in [0.3, 0.4) is 0 Å². The summed E-state index contributed by atoms with van der Waals surface area (Å²) in [4.78, 5) is 20.8. The molecule has 1 aliphatic heterocycles. The van der Waals surface area contributed by atoms with Gasteiger partial charge in [0.25, 0.3) is 0 Å². The van der Waals surface area contributed by atoms with Crippen molar-refractivity contribution in [3.05, 3.63) is 29.8 Å². The minimum atomic E-state index is -0.879. The van der Waals surface area contributed by atoms with Crippen molar-refractivity contribution >= 4 is 17.9 Å². The third-order valence-electron chi connectivity index (χ3n) is 4.12. The molecule has 0 aliphatic carbocycles. The number of rotatable bonds is 7. The van der Waals surface area contributed by atoms with Gasteiger partial charge in [-0.25, -0.2) is 0 Å². The Bertz CT molecular complexity index is 642. The Labute approximate surface area is 142 Å². The van der Waals surface area contributed by atoms with Crippen LogP contribution in [0.4, 0.5) is 0 Å². The molecule has 0 amide bonds. The summed E-state index contributed by atoms with van der Waals surface area (Å²) in [6, 6.07) is 7.27. The molecule has 0 saturated carbocycles. The van der Waals surface area contributed by atoms with Gasteiger partial charge in [0.15, 0.2) is 6.29 Å². The van der Waals surface area contributed by atoms with Crippen molar-refractivity contribution < 1.29 is 14.6 Å². The molecule has 0 aromatic heterocycles. The summed E-state index contributed by atoms with van der Waals surface area (Å²) in [5, 5.41) is 12.7. The van der Waals surface area contributed by atoms with Gasteiger partial charge in [0, 0.05) is 11.9 Å². The molecule has 130 valence electrons. The number of aromatic hydroxyl groups is 1. The fraction of sp³-hybridized carbons (Fsp3) is 0.500. The zero-order valence-electron chi connectivity index (χ0n) is 14.5. The summed E-state index contributed by atoms with van der Waals surface area (Å²) in [5.41, 5.74) is 0.912. The molecular formula is C18H25N3O3. The number of aliphatic imine (C=N–C) groups is 2. The van der Waals surface area contributed by atoms with E-state index in [-0.39, 0.29) is 18.0 Å². The summed E-state index contributed by atoms with van der Waals surface area (Å²) < 4.78 is 5.10. The highest BCUT2D eigenvalue weighted by Crippen LogP contribution is 2.23. The normalized spacial score (nSPS) is 23.0. The Morgan fingerprint density at radius 1 is 1.46 bits per heavy atom. The summed E-state index contributed by atoms with van der Waals surface area (Å²) in [7, 11) is 0. The molecule has 0 fully saturated rings. The fourth-order valence-corrected chi connectivity index (χ4v) is 2.48. The summed E-state index contributed by atoms with van der Waals surface area (Å²) in [6.45, 7) is 6.45. The second-order valence-electron chi connectivity index (χ2n) is 6.02. The molecule has 1 heterocycles. The third kappa shape index (κ3) is 4.41. The minimum absolute atomic E-state index is 0.288. The van der Waals surface area contributed by atoms with E-state index >= 15 is 0 Å². The molecule has 2 unspecified atom stereocenters. The lowest BCUT2D eigenvalue weighted by Crippen LogP contribution is -2.43. The molecule has 0 bridgehead atoms. The molecule has 1 aromatic rings. The van der Waals surface area contributed by atoms with Gasteiger partial charge in [0.2, 0.25) is 0 Å². The maximum Gasteiger partial charge on any atom is 0.322 e. The molecule has 24 heavy (non-hydrogen) atoms. The van der Waals surface area contributed by atoms with Crippen molar-refractivity contribution in [1.82, 2.24) is 5.32 Å². The average molecular weight is 331 g/mol. The maximum atomic E-state index is 12.0. The number of aryl methyl sites for hydroxylation is 1. The molecule has 0 saturated heterocycles. The number of benzene rings is 1. The van der Waals surface area contributed by atoms with Crippen LogP contribution in [0.2, 0.25) is 0 Å². The van der Waals surface area contributed by atoms with Crippen LogP contribution in [0.15, 0.2) is 34.3 Å². The standard InChI is InChI=1S/C18H25N3O3/c1-4-24-16(23)18(3)12-20-17(21-13(18)2)19-10-6-8-14-7-5-9-15(22)11-14/h5,7,9,11-12,17,19,22H,4,6,8,10H2,1-3H3. The number of carbonyl (C=O) groups excluding carboxylic acids is 1. The van der Waals surface area contributed by atoms with Crippen LogP contribution in [-0.2, 0) is 16.0 Å². The van der Waals surface area contributed by atoms with Gasteiger partial charge in [-0.1, -0.05) is 12.1 Å². The van der Waals surface area contributed by atoms with E-state index in [4.69, 9.17) is 4.74 Å². The number of carbonyl (C=O) groups is 1. The van der Waals surface area contributed by atoms with E-state index in [1.807, 2.05) is 19.1 Å². The predicted octanol–water partition coefficient (Wildman–Crippen LogP) is 2.31. The number of phenolic OH excluding ortho intramolecular Hbond substituents is 1. The van der Waals surface area contributed by atoms with Gasteiger partial charge in [0.1, 0.15) is 11.2 Å². The van der Waals surface area contributed by atoms with Crippen molar-refractivity contribution in [1.29, 1.82) is 0 Å². The Hall–Kier alpha value is -2.21. The van der Waals surface area contributed by atoms with E-state index in [1.54, 1.807) is 32.2 Å². The summed E-state index contributed by atoms with van der Waals surface area (Å²) in [5.74, 6) is -0.0341. The lowest BCUT2D eigenvalue weighted by molar-refractivity contribution is -0.147. The Balaban J connectivity index is 1.82. The van der Waals surface area contributed by atoms with E-state index < -0.39 is 5.41 Å². The maximum absolute atomic E-state index is 12.0. The van der Waals surface area contributed by atoms with Crippen LogP contribution in [0.5, 0.6) is 5.75 Å². The molecule has 0 spiro atoms. The van der Waals surface area contributed by atoms with Crippen LogP contribution >= 0.6 is 0 Å². The number of phenols is 1. The van der Waals surface area contributed by atoms with E-state index in [9.17, 15) is 9.90 Å². The van der Waals surface area contributed by atoms with Gasteiger partial charge >= 0.3 is 5.97 Å². The van der Waals surface area contributed by atoms with Gasteiger partial charge in [-0.2, -0.15) is 0 Å². The smallest absolute Gasteiger partial charge is 0.322 e. The SMILES string of the molecule is CCOC(=O)C1(C)C=NC(NCCCc2cccc(O)c2)N=C1C.